The second kappa shape index (κ2) is 6.83. The number of hydrogen-bond donors (Lipinski definition) is 1. The summed E-state index contributed by atoms with van der Waals surface area (Å²) in [6, 6.07) is 7.30. The quantitative estimate of drug-likeness (QED) is 0.913. The molecule has 1 atom stereocenters. The minimum atomic E-state index is -0.188. The van der Waals surface area contributed by atoms with Gasteiger partial charge in [-0.3, -0.25) is 4.79 Å². The molecular weight excluding hydrogens is 292 g/mol. The van der Waals surface area contributed by atoms with Crippen LogP contribution in [-0.4, -0.2) is 40.0 Å². The van der Waals surface area contributed by atoms with Crippen LogP contribution in [0.5, 0.6) is 0 Å². The Hall–Kier alpha value is -3.01. The topological polar surface area (TPSA) is 94.8 Å². The van der Waals surface area contributed by atoms with Crippen LogP contribution in [0.2, 0.25) is 0 Å². The number of nitriles is 1. The van der Waals surface area contributed by atoms with Crippen LogP contribution >= 0.6 is 0 Å². The number of amides is 1. The van der Waals surface area contributed by atoms with Crippen molar-refractivity contribution >= 4 is 11.7 Å². The average Bonchev–Trinajstić information content (AvgIpc) is 2.63. The number of nitrogens with zero attached hydrogens (tertiary/aromatic N) is 5. The molecule has 0 bridgehead atoms. The summed E-state index contributed by atoms with van der Waals surface area (Å²) in [6.45, 7) is 1.58. The molecule has 1 unspecified atom stereocenters. The summed E-state index contributed by atoms with van der Waals surface area (Å²) in [7, 11) is 0. The molecule has 23 heavy (non-hydrogen) atoms. The molecule has 2 aromatic heterocycles. The molecule has 1 saturated heterocycles. The average molecular weight is 308 g/mol. The maximum atomic E-state index is 12.2. The van der Waals surface area contributed by atoms with Crippen molar-refractivity contribution in [3.05, 3.63) is 48.2 Å². The highest BCUT2D eigenvalue weighted by Gasteiger charge is 2.23. The Balaban J connectivity index is 1.64. The van der Waals surface area contributed by atoms with E-state index in [2.05, 4.69) is 31.2 Å². The highest BCUT2D eigenvalue weighted by Crippen LogP contribution is 2.18. The van der Waals surface area contributed by atoms with Gasteiger partial charge in [0.05, 0.1) is 5.56 Å². The van der Waals surface area contributed by atoms with Crippen molar-refractivity contribution in [2.75, 3.05) is 18.0 Å². The first-order valence-electron chi connectivity index (χ1n) is 7.44. The molecular formula is C16H16N6O. The highest BCUT2D eigenvalue weighted by atomic mass is 16.1. The predicted octanol–water partition coefficient (Wildman–Crippen LogP) is 1.14. The van der Waals surface area contributed by atoms with Crippen molar-refractivity contribution in [3.8, 4) is 6.07 Å². The Bertz CT molecular complexity index is 710. The lowest BCUT2D eigenvalue weighted by atomic mass is 10.1. The SMILES string of the molecule is N#Cc1ccc(N2CCCC(NC(=O)c3ccncn3)C2)nc1. The number of carbonyl (C=O) groups is 1. The van der Waals surface area contributed by atoms with E-state index in [0.717, 1.165) is 25.2 Å². The van der Waals surface area contributed by atoms with Gasteiger partial charge in [-0.2, -0.15) is 5.26 Å². The third-order valence-electron chi connectivity index (χ3n) is 3.77. The van der Waals surface area contributed by atoms with Gasteiger partial charge in [0.2, 0.25) is 0 Å². The molecule has 7 heteroatoms. The zero-order chi connectivity index (χ0) is 16.1. The molecule has 0 aromatic carbocycles. The molecule has 3 rings (SSSR count). The van der Waals surface area contributed by atoms with Gasteiger partial charge in [0.1, 0.15) is 23.9 Å². The zero-order valence-corrected chi connectivity index (χ0v) is 12.5. The minimum absolute atomic E-state index is 0.0451. The van der Waals surface area contributed by atoms with E-state index in [1.54, 1.807) is 24.5 Å². The van der Waals surface area contributed by atoms with E-state index in [1.165, 1.54) is 6.33 Å². The van der Waals surface area contributed by atoms with Crippen LogP contribution in [0.4, 0.5) is 5.82 Å². The van der Waals surface area contributed by atoms with Crippen LogP contribution in [0, 0.1) is 11.3 Å². The van der Waals surface area contributed by atoms with E-state index in [-0.39, 0.29) is 11.9 Å². The number of nitrogens with one attached hydrogen (secondary N) is 1. The number of aromatic nitrogens is 3. The predicted molar refractivity (Wildman–Crippen MR) is 83.7 cm³/mol. The normalized spacial score (nSPS) is 17.3. The second-order valence-electron chi connectivity index (χ2n) is 5.37. The van der Waals surface area contributed by atoms with E-state index < -0.39 is 0 Å². The summed E-state index contributed by atoms with van der Waals surface area (Å²) in [5.74, 6) is 0.636. The molecule has 3 heterocycles. The van der Waals surface area contributed by atoms with Gasteiger partial charge in [0, 0.05) is 31.5 Å². The molecule has 0 radical (unpaired) electrons. The van der Waals surface area contributed by atoms with Crippen LogP contribution in [0.3, 0.4) is 0 Å². The molecule has 0 aliphatic carbocycles. The van der Waals surface area contributed by atoms with Crippen LogP contribution in [0.1, 0.15) is 28.9 Å². The fourth-order valence-corrected chi connectivity index (χ4v) is 2.63. The number of anilines is 1. The van der Waals surface area contributed by atoms with Gasteiger partial charge in [-0.25, -0.2) is 15.0 Å². The van der Waals surface area contributed by atoms with Crippen LogP contribution in [0.15, 0.2) is 36.9 Å². The zero-order valence-electron chi connectivity index (χ0n) is 12.5. The summed E-state index contributed by atoms with van der Waals surface area (Å²) < 4.78 is 0. The number of piperidine rings is 1. The fourth-order valence-electron chi connectivity index (χ4n) is 2.63. The Morgan fingerprint density at radius 2 is 2.26 bits per heavy atom. The summed E-state index contributed by atoms with van der Waals surface area (Å²) in [5, 5.41) is 11.8. The molecule has 7 nitrogen and oxygen atoms in total. The molecule has 116 valence electrons. The molecule has 0 spiro atoms. The fraction of sp³-hybridized carbons (Fsp3) is 0.312. The Labute approximate surface area is 134 Å². The van der Waals surface area contributed by atoms with Crippen molar-refractivity contribution in [1.29, 1.82) is 5.26 Å². The van der Waals surface area contributed by atoms with E-state index >= 15 is 0 Å². The minimum Gasteiger partial charge on any atom is -0.355 e. The van der Waals surface area contributed by atoms with Gasteiger partial charge in [0.15, 0.2) is 0 Å². The van der Waals surface area contributed by atoms with Gasteiger partial charge >= 0.3 is 0 Å². The smallest absolute Gasteiger partial charge is 0.270 e. The molecule has 2 aromatic rings. The highest BCUT2D eigenvalue weighted by molar-refractivity contribution is 5.92. The maximum absolute atomic E-state index is 12.2. The van der Waals surface area contributed by atoms with Gasteiger partial charge in [-0.15, -0.1) is 0 Å². The van der Waals surface area contributed by atoms with Gasteiger partial charge < -0.3 is 10.2 Å². The maximum Gasteiger partial charge on any atom is 0.270 e. The lowest BCUT2D eigenvalue weighted by molar-refractivity contribution is 0.0928. The van der Waals surface area contributed by atoms with E-state index in [0.29, 0.717) is 17.8 Å². The van der Waals surface area contributed by atoms with E-state index in [4.69, 9.17) is 5.26 Å². The van der Waals surface area contributed by atoms with Crippen LogP contribution in [-0.2, 0) is 0 Å². The number of carbonyl (C=O) groups excluding carboxylic acids is 1. The molecule has 1 fully saturated rings. The number of hydrogen-bond acceptors (Lipinski definition) is 6. The summed E-state index contributed by atoms with van der Waals surface area (Å²) in [6.07, 6.45) is 6.37. The van der Waals surface area contributed by atoms with Crippen LogP contribution < -0.4 is 10.2 Å². The lowest BCUT2D eigenvalue weighted by Crippen LogP contribution is -2.48. The van der Waals surface area contributed by atoms with E-state index in [9.17, 15) is 4.79 Å². The largest absolute Gasteiger partial charge is 0.355 e. The first kappa shape index (κ1) is 14.9. The number of rotatable bonds is 3. The summed E-state index contributed by atoms with van der Waals surface area (Å²) >= 11 is 0. The second-order valence-corrected chi connectivity index (χ2v) is 5.37. The van der Waals surface area contributed by atoms with Crippen LogP contribution in [0.25, 0.3) is 0 Å². The van der Waals surface area contributed by atoms with Gasteiger partial charge in [-0.1, -0.05) is 0 Å². The first-order valence-corrected chi connectivity index (χ1v) is 7.44. The molecule has 1 N–H and O–H groups in total. The van der Waals surface area contributed by atoms with Gasteiger partial charge in [-0.05, 0) is 31.0 Å². The molecule has 0 saturated carbocycles. The van der Waals surface area contributed by atoms with Crippen molar-refractivity contribution in [2.45, 2.75) is 18.9 Å². The summed E-state index contributed by atoms with van der Waals surface area (Å²) in [4.78, 5) is 26.4. The van der Waals surface area contributed by atoms with Crippen molar-refractivity contribution in [3.63, 3.8) is 0 Å². The molecule has 1 aliphatic rings. The Morgan fingerprint density at radius 3 is 2.96 bits per heavy atom. The van der Waals surface area contributed by atoms with Crippen molar-refractivity contribution < 1.29 is 4.79 Å². The van der Waals surface area contributed by atoms with E-state index in [1.807, 2.05) is 6.07 Å². The Morgan fingerprint density at radius 1 is 1.35 bits per heavy atom. The molecule has 1 aliphatic heterocycles. The third kappa shape index (κ3) is 3.61. The number of pyridine rings is 1. The lowest BCUT2D eigenvalue weighted by Gasteiger charge is -2.33. The summed E-state index contributed by atoms with van der Waals surface area (Å²) in [5.41, 5.74) is 0.910. The Kier molecular flexibility index (Phi) is 4.43. The first-order chi connectivity index (χ1) is 11.3. The molecule has 1 amide bonds. The van der Waals surface area contributed by atoms with Gasteiger partial charge in [0.25, 0.3) is 5.91 Å². The monoisotopic (exact) mass is 308 g/mol. The standard InChI is InChI=1S/C16H16N6O/c17-8-12-3-4-15(19-9-12)22-7-1-2-13(10-22)21-16(23)14-5-6-18-11-20-14/h3-6,9,11,13H,1-2,7,10H2,(H,21,23). The van der Waals surface area contributed by atoms with Crippen molar-refractivity contribution in [2.24, 2.45) is 0 Å². The van der Waals surface area contributed by atoms with Crippen molar-refractivity contribution in [1.82, 2.24) is 20.3 Å². The third-order valence-corrected chi connectivity index (χ3v) is 3.77.